The van der Waals surface area contributed by atoms with Crippen molar-refractivity contribution in [1.82, 2.24) is 5.32 Å². The van der Waals surface area contributed by atoms with Gasteiger partial charge in [0.25, 0.3) is 0 Å². The van der Waals surface area contributed by atoms with Crippen molar-refractivity contribution >= 4 is 5.91 Å². The van der Waals surface area contributed by atoms with Crippen LogP contribution in [0.4, 0.5) is 0 Å². The molecule has 1 amide bonds. The van der Waals surface area contributed by atoms with E-state index in [-0.39, 0.29) is 18.9 Å². The van der Waals surface area contributed by atoms with E-state index >= 15 is 0 Å². The Labute approximate surface area is 520 Å². The molecule has 0 spiro atoms. The standard InChI is InChI=1S/C68H117NO18/c1-3-5-7-9-11-13-15-16-17-18-19-20-21-22-23-24-25-26-27-28-29-30-31-32-33-34-36-38-40-42-44-46-56(74)69-51(52(73)45-43-41-39-37-35-14-12-10-8-6-4-2)50-82-66-62(80)59(77)64(54(48-71)84-66)87-68-63(81)60(78)65(55(49-72)85-68)86-67-61(79)58(76)57(75)53(47-70)83-67/h5,7,11,13,16-17,19-20,22-23,25-26,43,45,51-55,57-68,70-73,75-81H,3-4,6,8-10,12,14-15,18,21,24,27-42,44,46-50H2,1-2H3,(H,69,74)/b7-5-,13-11-,17-16-,20-19-,23-22-,26-25-,45-43+. The average molecular weight is 1240 g/mol. The minimum atomic E-state index is -1.98. The number of ether oxygens (including phenoxy) is 6. The van der Waals surface area contributed by atoms with Crippen LogP contribution in [0.5, 0.6) is 0 Å². The monoisotopic (exact) mass is 1240 g/mol. The highest BCUT2D eigenvalue weighted by Gasteiger charge is 2.53. The number of allylic oxidation sites excluding steroid dienone is 13. The zero-order valence-corrected chi connectivity index (χ0v) is 52.7. The van der Waals surface area contributed by atoms with Gasteiger partial charge >= 0.3 is 0 Å². The van der Waals surface area contributed by atoms with Gasteiger partial charge in [-0.05, 0) is 70.6 Å². The van der Waals surface area contributed by atoms with Gasteiger partial charge in [-0.15, -0.1) is 0 Å². The molecule has 87 heavy (non-hydrogen) atoms. The van der Waals surface area contributed by atoms with Crippen LogP contribution in [0.15, 0.2) is 85.1 Å². The number of carbonyl (C=O) groups excluding carboxylic acids is 1. The van der Waals surface area contributed by atoms with E-state index in [0.717, 1.165) is 96.3 Å². The van der Waals surface area contributed by atoms with Crippen LogP contribution < -0.4 is 5.32 Å². The minimum absolute atomic E-state index is 0.236. The second-order valence-electron chi connectivity index (χ2n) is 23.6. The Morgan fingerprint density at radius 3 is 1.24 bits per heavy atom. The first-order valence-corrected chi connectivity index (χ1v) is 33.3. The van der Waals surface area contributed by atoms with E-state index in [9.17, 15) is 61.0 Å². The molecule has 3 aliphatic heterocycles. The Hall–Kier alpha value is -3.03. The van der Waals surface area contributed by atoms with Crippen molar-refractivity contribution < 1.29 is 89.4 Å². The van der Waals surface area contributed by atoms with Crippen LogP contribution in [0, 0.1) is 0 Å². The molecule has 0 aliphatic carbocycles. The molecule has 17 atom stereocenters. The van der Waals surface area contributed by atoms with Crippen LogP contribution >= 0.6 is 0 Å². The molecule has 502 valence electrons. The fraction of sp³-hybridized carbons (Fsp3) is 0.779. The first-order valence-electron chi connectivity index (χ1n) is 33.3. The number of carbonyl (C=O) groups is 1. The van der Waals surface area contributed by atoms with Gasteiger partial charge in [0.1, 0.15) is 73.2 Å². The van der Waals surface area contributed by atoms with E-state index in [2.05, 4.69) is 92.1 Å². The average Bonchev–Trinajstić information content (AvgIpc) is 3.71. The molecule has 3 aliphatic rings. The van der Waals surface area contributed by atoms with Crippen LogP contribution in [0.1, 0.15) is 206 Å². The maximum absolute atomic E-state index is 13.4. The van der Waals surface area contributed by atoms with Crippen LogP contribution in [0.2, 0.25) is 0 Å². The van der Waals surface area contributed by atoms with Crippen molar-refractivity contribution in [2.45, 2.75) is 311 Å². The molecule has 12 N–H and O–H groups in total. The number of rotatable bonds is 49. The van der Waals surface area contributed by atoms with Crippen molar-refractivity contribution in [2.75, 3.05) is 26.4 Å². The van der Waals surface area contributed by atoms with Gasteiger partial charge in [-0.1, -0.05) is 214 Å². The number of unbranched alkanes of at least 4 members (excludes halogenated alkanes) is 21. The van der Waals surface area contributed by atoms with E-state index in [1.54, 1.807) is 6.08 Å². The summed E-state index contributed by atoms with van der Waals surface area (Å²) in [6.45, 7) is 1.58. The zero-order valence-electron chi connectivity index (χ0n) is 52.7. The summed E-state index contributed by atoms with van der Waals surface area (Å²) in [5.41, 5.74) is 0. The number of aliphatic hydroxyl groups excluding tert-OH is 11. The van der Waals surface area contributed by atoms with Gasteiger partial charge in [0.05, 0.1) is 38.6 Å². The van der Waals surface area contributed by atoms with E-state index in [0.29, 0.717) is 6.42 Å². The number of hydrogen-bond acceptors (Lipinski definition) is 18. The summed E-state index contributed by atoms with van der Waals surface area (Å²) >= 11 is 0. The summed E-state index contributed by atoms with van der Waals surface area (Å²) in [4.78, 5) is 13.4. The predicted octanol–water partition coefficient (Wildman–Crippen LogP) is 7.93. The molecule has 3 heterocycles. The van der Waals surface area contributed by atoms with E-state index < -0.39 is 124 Å². The maximum atomic E-state index is 13.4. The second kappa shape index (κ2) is 49.6. The molecule has 3 saturated heterocycles. The Balaban J connectivity index is 1.38. The lowest BCUT2D eigenvalue weighted by atomic mass is 9.96. The van der Waals surface area contributed by atoms with E-state index in [1.807, 2.05) is 6.08 Å². The number of hydrogen-bond donors (Lipinski definition) is 12. The Kier molecular flexibility index (Phi) is 44.6. The lowest BCUT2D eigenvalue weighted by molar-refractivity contribution is -0.379. The maximum Gasteiger partial charge on any atom is 0.220 e. The van der Waals surface area contributed by atoms with Crippen LogP contribution in [0.3, 0.4) is 0 Å². The predicted molar refractivity (Wildman–Crippen MR) is 337 cm³/mol. The number of amides is 1. The fourth-order valence-corrected chi connectivity index (χ4v) is 10.8. The minimum Gasteiger partial charge on any atom is -0.394 e. The van der Waals surface area contributed by atoms with Gasteiger partial charge in [0.2, 0.25) is 5.91 Å². The molecule has 0 aromatic carbocycles. The van der Waals surface area contributed by atoms with Crippen molar-refractivity contribution in [1.29, 1.82) is 0 Å². The van der Waals surface area contributed by atoms with Crippen molar-refractivity contribution in [3.63, 3.8) is 0 Å². The molecule has 3 rings (SSSR count). The molecule has 0 saturated carbocycles. The first-order chi connectivity index (χ1) is 42.3. The van der Waals surface area contributed by atoms with Gasteiger partial charge < -0.3 is 89.9 Å². The molecule has 17 unspecified atom stereocenters. The van der Waals surface area contributed by atoms with Gasteiger partial charge in [0, 0.05) is 6.42 Å². The van der Waals surface area contributed by atoms with E-state index in [1.165, 1.54) is 83.5 Å². The quantitative estimate of drug-likeness (QED) is 0.0203. The zero-order chi connectivity index (χ0) is 63.3. The van der Waals surface area contributed by atoms with Crippen molar-refractivity contribution in [3.05, 3.63) is 85.1 Å². The summed E-state index contributed by atoms with van der Waals surface area (Å²) < 4.78 is 34.3. The molecule has 3 fully saturated rings. The molecular formula is C68H117NO18. The lowest BCUT2D eigenvalue weighted by Crippen LogP contribution is -2.66. The SMILES string of the molecule is CC/C=C\C/C=C\C/C=C\C/C=C\C/C=C\C/C=C\CCCCCCCCCCCCCCC(=O)NC(COC1OC(CO)C(OC2OC(CO)C(OC3OC(CO)C(O)C(O)C3O)C(O)C2O)C(O)C1O)C(O)/C=C/CCCCCCCCCCC. The molecular weight excluding hydrogens is 1120 g/mol. The molecule has 19 heteroatoms. The highest BCUT2D eigenvalue weighted by molar-refractivity contribution is 5.76. The fourth-order valence-electron chi connectivity index (χ4n) is 10.8. The third kappa shape index (κ3) is 32.2. The van der Waals surface area contributed by atoms with Crippen LogP contribution in [0.25, 0.3) is 0 Å². The number of nitrogens with one attached hydrogen (secondary N) is 1. The van der Waals surface area contributed by atoms with Gasteiger partial charge in [0.15, 0.2) is 18.9 Å². The summed E-state index contributed by atoms with van der Waals surface area (Å²) in [6.07, 6.45) is 35.7. The Morgan fingerprint density at radius 1 is 0.425 bits per heavy atom. The first kappa shape index (κ1) is 78.2. The molecule has 0 radical (unpaired) electrons. The van der Waals surface area contributed by atoms with Gasteiger partial charge in [-0.3, -0.25) is 4.79 Å². The van der Waals surface area contributed by atoms with Gasteiger partial charge in [-0.2, -0.15) is 0 Å². The van der Waals surface area contributed by atoms with Crippen LogP contribution in [-0.4, -0.2) is 193 Å². The Morgan fingerprint density at radius 2 is 0.793 bits per heavy atom. The summed E-state index contributed by atoms with van der Waals surface area (Å²) in [5, 5.41) is 120. The number of aliphatic hydroxyl groups is 11. The highest BCUT2D eigenvalue weighted by atomic mass is 16.8. The largest absolute Gasteiger partial charge is 0.394 e. The van der Waals surface area contributed by atoms with Crippen LogP contribution in [-0.2, 0) is 33.2 Å². The normalized spacial score (nSPS) is 29.1. The summed E-state index contributed by atoms with van der Waals surface area (Å²) in [5.74, 6) is -0.283. The summed E-state index contributed by atoms with van der Waals surface area (Å²) in [6, 6.07) is -0.977. The molecule has 0 aromatic heterocycles. The van der Waals surface area contributed by atoms with E-state index in [4.69, 9.17) is 28.4 Å². The molecule has 0 aromatic rings. The highest BCUT2D eigenvalue weighted by Crippen LogP contribution is 2.33. The topological polar surface area (TPSA) is 307 Å². The smallest absolute Gasteiger partial charge is 0.220 e. The Bertz CT molecular complexity index is 1910. The van der Waals surface area contributed by atoms with Gasteiger partial charge in [-0.25, -0.2) is 0 Å². The molecule has 0 bridgehead atoms. The second-order valence-corrected chi connectivity index (χ2v) is 23.6. The summed E-state index contributed by atoms with van der Waals surface area (Å²) in [7, 11) is 0. The third-order valence-corrected chi connectivity index (χ3v) is 16.2. The lowest BCUT2D eigenvalue weighted by Gasteiger charge is -2.48. The third-order valence-electron chi connectivity index (χ3n) is 16.2. The van der Waals surface area contributed by atoms with Crippen molar-refractivity contribution in [2.24, 2.45) is 0 Å². The molecule has 19 nitrogen and oxygen atoms in total. The van der Waals surface area contributed by atoms with Crippen molar-refractivity contribution in [3.8, 4) is 0 Å².